The zero-order valence-corrected chi connectivity index (χ0v) is 12.1. The van der Waals surface area contributed by atoms with Gasteiger partial charge in [-0.1, -0.05) is 13.8 Å². The fraction of sp³-hybridized carbons (Fsp3) is 0.286. The predicted molar refractivity (Wildman–Crippen MR) is 80.4 cm³/mol. The quantitative estimate of drug-likeness (QED) is 0.414. The highest BCUT2D eigenvalue weighted by atomic mass is 16.3. The van der Waals surface area contributed by atoms with Crippen LogP contribution in [0, 0.1) is 0 Å². The number of rotatable bonds is 6. The van der Waals surface area contributed by atoms with Crippen LogP contribution in [-0.2, 0) is 9.59 Å². The number of amides is 2. The maximum atomic E-state index is 10.8. The highest BCUT2D eigenvalue weighted by Crippen LogP contribution is 2.26. The van der Waals surface area contributed by atoms with Crippen molar-refractivity contribution in [1.29, 1.82) is 0 Å². The van der Waals surface area contributed by atoms with Crippen molar-refractivity contribution in [1.82, 2.24) is 10.9 Å². The number of phenolic OH excluding ortho intramolecular Hbond substituents is 1. The minimum Gasteiger partial charge on any atom is -0.507 e. The van der Waals surface area contributed by atoms with Crippen LogP contribution >= 0.6 is 0 Å². The second kappa shape index (κ2) is 7.78. The smallest absolute Gasteiger partial charge is 0.236 e. The van der Waals surface area contributed by atoms with Crippen molar-refractivity contribution in [2.45, 2.75) is 26.7 Å². The lowest BCUT2D eigenvalue weighted by Gasteiger charge is -2.10. The van der Waals surface area contributed by atoms with Crippen LogP contribution in [0.4, 0.5) is 0 Å². The Morgan fingerprint density at radius 3 is 2.29 bits per heavy atom. The number of hydrogen-bond acceptors (Lipinski definition) is 5. The van der Waals surface area contributed by atoms with Crippen molar-refractivity contribution < 1.29 is 14.7 Å². The molecule has 0 fully saturated rings. The summed E-state index contributed by atoms with van der Waals surface area (Å²) in [5.41, 5.74) is 6.26. The Morgan fingerprint density at radius 2 is 1.81 bits per heavy atom. The van der Waals surface area contributed by atoms with E-state index in [9.17, 15) is 14.7 Å². The Labute approximate surface area is 122 Å². The number of nitrogens with zero attached hydrogens (tertiary/aromatic N) is 2. The number of carbonyl (C=O) groups is 2. The molecule has 0 unspecified atom stereocenters. The summed E-state index contributed by atoms with van der Waals surface area (Å²) in [5.74, 6) is -0.114. The molecular weight excluding hydrogens is 272 g/mol. The minimum atomic E-state index is -0.303. The molecule has 0 atom stereocenters. The molecule has 21 heavy (non-hydrogen) atoms. The average molecular weight is 290 g/mol. The third-order valence-electron chi connectivity index (χ3n) is 2.61. The molecule has 3 N–H and O–H groups in total. The van der Waals surface area contributed by atoms with E-state index in [4.69, 9.17) is 0 Å². The van der Waals surface area contributed by atoms with Gasteiger partial charge in [0.2, 0.25) is 12.3 Å². The largest absolute Gasteiger partial charge is 0.507 e. The van der Waals surface area contributed by atoms with Crippen LogP contribution in [0.15, 0.2) is 22.3 Å². The Bertz CT molecular complexity index is 580. The lowest BCUT2D eigenvalue weighted by atomic mass is 9.97. The highest BCUT2D eigenvalue weighted by molar-refractivity contribution is 5.92. The highest BCUT2D eigenvalue weighted by Gasteiger charge is 2.09. The lowest BCUT2D eigenvalue weighted by Crippen LogP contribution is -2.12. The van der Waals surface area contributed by atoms with Crippen LogP contribution in [0.3, 0.4) is 0 Å². The number of carbonyl (C=O) groups excluding carboxylic acids is 2. The van der Waals surface area contributed by atoms with Gasteiger partial charge >= 0.3 is 0 Å². The third kappa shape index (κ3) is 5.06. The molecule has 1 aromatic rings. The van der Waals surface area contributed by atoms with Crippen LogP contribution in [0.2, 0.25) is 0 Å². The van der Waals surface area contributed by atoms with Crippen molar-refractivity contribution in [2.24, 2.45) is 10.2 Å². The first-order valence-electron chi connectivity index (χ1n) is 6.34. The number of phenols is 1. The van der Waals surface area contributed by atoms with Gasteiger partial charge in [-0.25, -0.2) is 10.9 Å². The van der Waals surface area contributed by atoms with Crippen LogP contribution in [0.1, 0.15) is 43.4 Å². The van der Waals surface area contributed by atoms with Crippen LogP contribution < -0.4 is 10.9 Å². The van der Waals surface area contributed by atoms with Crippen molar-refractivity contribution in [3.8, 4) is 5.75 Å². The van der Waals surface area contributed by atoms with Gasteiger partial charge in [0.25, 0.3) is 0 Å². The average Bonchev–Trinajstić information content (AvgIpc) is 2.41. The summed E-state index contributed by atoms with van der Waals surface area (Å²) in [5, 5.41) is 17.5. The van der Waals surface area contributed by atoms with E-state index in [-0.39, 0.29) is 17.6 Å². The molecule has 0 spiro atoms. The second-order valence-electron chi connectivity index (χ2n) is 4.63. The topological polar surface area (TPSA) is 103 Å². The first-order chi connectivity index (χ1) is 9.95. The number of benzene rings is 1. The van der Waals surface area contributed by atoms with Gasteiger partial charge in [0, 0.05) is 18.1 Å². The Balaban J connectivity index is 3.18. The maximum Gasteiger partial charge on any atom is 0.236 e. The summed E-state index contributed by atoms with van der Waals surface area (Å²) in [4.78, 5) is 21.0. The Morgan fingerprint density at radius 1 is 1.24 bits per heavy atom. The molecule has 0 bridgehead atoms. The first kappa shape index (κ1) is 16.4. The van der Waals surface area contributed by atoms with Gasteiger partial charge in [0.1, 0.15) is 5.75 Å². The van der Waals surface area contributed by atoms with Gasteiger partial charge in [0.15, 0.2) is 0 Å². The number of aromatic hydroxyl groups is 1. The Kier molecular flexibility index (Phi) is 6.06. The molecule has 0 saturated carbocycles. The number of nitrogens with one attached hydrogen (secondary N) is 2. The summed E-state index contributed by atoms with van der Waals surface area (Å²) in [6.45, 7) is 5.35. The molecule has 0 radical (unpaired) electrons. The zero-order chi connectivity index (χ0) is 15.8. The Hall–Kier alpha value is -2.70. The molecule has 7 nitrogen and oxygen atoms in total. The van der Waals surface area contributed by atoms with E-state index in [1.54, 1.807) is 12.1 Å². The van der Waals surface area contributed by atoms with Gasteiger partial charge in [-0.3, -0.25) is 9.59 Å². The van der Waals surface area contributed by atoms with Gasteiger partial charge in [-0.15, -0.1) is 0 Å². The SMILES string of the molecule is CC(=O)NN=Cc1cc(C(C)C)cc(C=NNC=O)c1O. The zero-order valence-electron chi connectivity index (χ0n) is 12.1. The molecule has 0 aliphatic carbocycles. The second-order valence-corrected chi connectivity index (χ2v) is 4.63. The summed E-state index contributed by atoms with van der Waals surface area (Å²) >= 11 is 0. The normalized spacial score (nSPS) is 11.2. The molecule has 0 heterocycles. The van der Waals surface area contributed by atoms with E-state index in [0.29, 0.717) is 17.5 Å². The van der Waals surface area contributed by atoms with Crippen LogP contribution in [-0.4, -0.2) is 29.9 Å². The standard InChI is InChI=1S/C14H18N4O3/c1-9(2)11-4-12(6-15-17-8-19)14(21)13(5-11)7-16-18-10(3)20/h4-9,21H,1-3H3,(H,17,19)(H,18,20). The molecular formula is C14H18N4O3. The molecule has 0 aliphatic rings. The molecule has 0 aliphatic heterocycles. The van der Waals surface area contributed by atoms with Crippen molar-refractivity contribution in [3.05, 3.63) is 28.8 Å². The van der Waals surface area contributed by atoms with Gasteiger partial charge in [-0.2, -0.15) is 10.2 Å². The van der Waals surface area contributed by atoms with Crippen LogP contribution in [0.25, 0.3) is 0 Å². The van der Waals surface area contributed by atoms with Gasteiger partial charge < -0.3 is 5.11 Å². The van der Waals surface area contributed by atoms with Gasteiger partial charge in [-0.05, 0) is 23.6 Å². The maximum absolute atomic E-state index is 10.8. The van der Waals surface area contributed by atoms with E-state index >= 15 is 0 Å². The molecule has 0 aromatic heterocycles. The number of hydrazone groups is 2. The number of hydrogen-bond donors (Lipinski definition) is 3. The monoisotopic (exact) mass is 290 g/mol. The summed E-state index contributed by atoms with van der Waals surface area (Å²) in [6, 6.07) is 3.54. The van der Waals surface area contributed by atoms with Crippen molar-refractivity contribution in [2.75, 3.05) is 0 Å². The van der Waals surface area contributed by atoms with E-state index < -0.39 is 0 Å². The molecule has 0 saturated heterocycles. The minimum absolute atomic E-state index is 0.0371. The molecule has 1 rings (SSSR count). The van der Waals surface area contributed by atoms with E-state index in [1.165, 1.54) is 19.4 Å². The molecule has 2 amide bonds. The van der Waals surface area contributed by atoms with E-state index in [2.05, 4.69) is 21.1 Å². The summed E-state index contributed by atoms with van der Waals surface area (Å²) < 4.78 is 0. The molecule has 112 valence electrons. The van der Waals surface area contributed by atoms with Gasteiger partial charge in [0.05, 0.1) is 12.4 Å². The predicted octanol–water partition coefficient (Wildman–Crippen LogP) is 1.07. The summed E-state index contributed by atoms with van der Waals surface area (Å²) in [6.07, 6.45) is 3.12. The fourth-order valence-electron chi connectivity index (χ4n) is 1.56. The summed E-state index contributed by atoms with van der Waals surface area (Å²) in [7, 11) is 0. The van der Waals surface area contributed by atoms with E-state index in [1.807, 2.05) is 13.8 Å². The van der Waals surface area contributed by atoms with Crippen LogP contribution in [0.5, 0.6) is 5.75 Å². The van der Waals surface area contributed by atoms with Crippen molar-refractivity contribution in [3.63, 3.8) is 0 Å². The van der Waals surface area contributed by atoms with E-state index in [0.717, 1.165) is 5.56 Å². The lowest BCUT2D eigenvalue weighted by molar-refractivity contribution is -0.119. The third-order valence-corrected chi connectivity index (χ3v) is 2.61. The first-order valence-corrected chi connectivity index (χ1v) is 6.34. The van der Waals surface area contributed by atoms with Crippen molar-refractivity contribution >= 4 is 24.7 Å². The molecule has 7 heteroatoms. The fourth-order valence-corrected chi connectivity index (χ4v) is 1.56. The molecule has 1 aromatic carbocycles.